The monoisotopic (exact) mass is 255 g/mol. The molecule has 6 heteroatoms. The van der Waals surface area contributed by atoms with Gasteiger partial charge in [0.25, 0.3) is 5.89 Å². The molecule has 0 aliphatic heterocycles. The summed E-state index contributed by atoms with van der Waals surface area (Å²) in [5, 5.41) is 22.5. The number of phenolic OH excluding ortho intramolecular Hbond substituents is 2. The van der Waals surface area contributed by atoms with Crippen molar-refractivity contribution in [1.29, 1.82) is 0 Å². The number of aromatic nitrogens is 3. The van der Waals surface area contributed by atoms with Gasteiger partial charge >= 0.3 is 0 Å². The lowest BCUT2D eigenvalue weighted by atomic mass is 10.2. The first-order chi connectivity index (χ1) is 9.24. The number of aromatic hydroxyl groups is 2. The van der Waals surface area contributed by atoms with Crippen LogP contribution in [0.25, 0.3) is 23.0 Å². The predicted octanol–water partition coefficient (Wildman–Crippen LogP) is 2.21. The highest BCUT2D eigenvalue weighted by Crippen LogP contribution is 2.30. The Labute approximate surface area is 108 Å². The summed E-state index contributed by atoms with van der Waals surface area (Å²) in [6.45, 7) is 0. The van der Waals surface area contributed by atoms with Crippen molar-refractivity contribution in [3.05, 3.63) is 42.6 Å². The van der Waals surface area contributed by atoms with E-state index in [1.54, 1.807) is 24.4 Å². The minimum atomic E-state index is -0.241. The molecule has 6 nitrogen and oxygen atoms in total. The second kappa shape index (κ2) is 4.41. The number of hydrogen-bond donors (Lipinski definition) is 2. The second-order valence-corrected chi connectivity index (χ2v) is 3.84. The maximum atomic E-state index is 9.43. The van der Waals surface area contributed by atoms with E-state index >= 15 is 0 Å². The average molecular weight is 255 g/mol. The van der Waals surface area contributed by atoms with E-state index in [1.807, 2.05) is 6.07 Å². The minimum absolute atomic E-state index is 0.201. The molecule has 2 heterocycles. The number of benzene rings is 1. The second-order valence-electron chi connectivity index (χ2n) is 3.84. The zero-order chi connectivity index (χ0) is 13.2. The first-order valence-corrected chi connectivity index (χ1v) is 5.51. The van der Waals surface area contributed by atoms with Crippen LogP contribution in [0, 0.1) is 0 Å². The smallest absolute Gasteiger partial charge is 0.258 e. The van der Waals surface area contributed by atoms with Crippen LogP contribution in [0.15, 0.2) is 47.1 Å². The molecule has 3 aromatic rings. The van der Waals surface area contributed by atoms with E-state index in [9.17, 15) is 10.2 Å². The van der Waals surface area contributed by atoms with E-state index in [0.717, 1.165) is 0 Å². The van der Waals surface area contributed by atoms with Gasteiger partial charge in [0.15, 0.2) is 11.5 Å². The Hall–Kier alpha value is -2.89. The van der Waals surface area contributed by atoms with Gasteiger partial charge in [0, 0.05) is 11.8 Å². The van der Waals surface area contributed by atoms with Crippen LogP contribution in [0.4, 0.5) is 0 Å². The number of phenols is 2. The SMILES string of the molecule is Oc1ccc(-c2nc(-c3ccccn3)no2)cc1O. The van der Waals surface area contributed by atoms with Crippen molar-refractivity contribution in [1.82, 2.24) is 15.1 Å². The van der Waals surface area contributed by atoms with E-state index in [1.165, 1.54) is 12.1 Å². The molecule has 2 N–H and O–H groups in total. The molecule has 0 amide bonds. The van der Waals surface area contributed by atoms with E-state index in [2.05, 4.69) is 15.1 Å². The van der Waals surface area contributed by atoms with Gasteiger partial charge in [-0.15, -0.1) is 0 Å². The van der Waals surface area contributed by atoms with Crippen LogP contribution >= 0.6 is 0 Å². The van der Waals surface area contributed by atoms with Crippen molar-refractivity contribution in [2.45, 2.75) is 0 Å². The number of hydrogen-bond acceptors (Lipinski definition) is 6. The summed E-state index contributed by atoms with van der Waals surface area (Å²) in [5.74, 6) is 0.169. The maximum absolute atomic E-state index is 9.43. The topological polar surface area (TPSA) is 92.3 Å². The highest BCUT2D eigenvalue weighted by atomic mass is 16.5. The number of rotatable bonds is 2. The van der Waals surface area contributed by atoms with Crippen molar-refractivity contribution >= 4 is 0 Å². The molecule has 0 aliphatic carbocycles. The van der Waals surface area contributed by atoms with Crippen molar-refractivity contribution in [3.8, 4) is 34.5 Å². The summed E-state index contributed by atoms with van der Waals surface area (Å²) in [5.41, 5.74) is 1.12. The first kappa shape index (κ1) is 11.2. The summed E-state index contributed by atoms with van der Waals surface area (Å²) in [4.78, 5) is 8.30. The fourth-order valence-electron chi connectivity index (χ4n) is 1.60. The predicted molar refractivity (Wildman–Crippen MR) is 66.3 cm³/mol. The van der Waals surface area contributed by atoms with E-state index < -0.39 is 0 Å². The van der Waals surface area contributed by atoms with Gasteiger partial charge in [-0.25, -0.2) is 0 Å². The lowest BCUT2D eigenvalue weighted by Gasteiger charge is -1.98. The van der Waals surface area contributed by atoms with Crippen molar-refractivity contribution in [2.75, 3.05) is 0 Å². The molecule has 1 aromatic carbocycles. The Morgan fingerprint density at radius 1 is 1.00 bits per heavy atom. The van der Waals surface area contributed by atoms with Crippen molar-refractivity contribution in [3.63, 3.8) is 0 Å². The normalized spacial score (nSPS) is 10.5. The fraction of sp³-hybridized carbons (Fsp3) is 0. The lowest BCUT2D eigenvalue weighted by Crippen LogP contribution is -1.84. The van der Waals surface area contributed by atoms with E-state index in [4.69, 9.17) is 4.52 Å². The van der Waals surface area contributed by atoms with Crippen molar-refractivity contribution < 1.29 is 14.7 Å². The highest BCUT2D eigenvalue weighted by molar-refractivity contribution is 5.61. The van der Waals surface area contributed by atoms with Crippen LogP contribution in [0.1, 0.15) is 0 Å². The third-order valence-electron chi connectivity index (χ3n) is 2.54. The molecule has 0 saturated heterocycles. The van der Waals surface area contributed by atoms with Gasteiger partial charge in [0.05, 0.1) is 0 Å². The highest BCUT2D eigenvalue weighted by Gasteiger charge is 2.12. The Kier molecular flexibility index (Phi) is 2.60. The molecule has 0 bridgehead atoms. The first-order valence-electron chi connectivity index (χ1n) is 5.51. The van der Waals surface area contributed by atoms with Gasteiger partial charge < -0.3 is 14.7 Å². The van der Waals surface area contributed by atoms with Gasteiger partial charge in [0.1, 0.15) is 5.69 Å². The van der Waals surface area contributed by atoms with E-state index in [-0.39, 0.29) is 17.4 Å². The van der Waals surface area contributed by atoms with Gasteiger partial charge in [-0.3, -0.25) is 4.98 Å². The van der Waals surface area contributed by atoms with Gasteiger partial charge in [-0.1, -0.05) is 11.2 Å². The van der Waals surface area contributed by atoms with Crippen LogP contribution in [0.3, 0.4) is 0 Å². The molecule has 0 spiro atoms. The van der Waals surface area contributed by atoms with Crippen LogP contribution in [0.2, 0.25) is 0 Å². The van der Waals surface area contributed by atoms with Crippen molar-refractivity contribution in [2.24, 2.45) is 0 Å². The molecule has 2 aromatic heterocycles. The quantitative estimate of drug-likeness (QED) is 0.682. The summed E-state index contributed by atoms with van der Waals surface area (Å²) >= 11 is 0. The van der Waals surface area contributed by atoms with Crippen LogP contribution < -0.4 is 0 Å². The fourth-order valence-corrected chi connectivity index (χ4v) is 1.60. The van der Waals surface area contributed by atoms with Crippen LogP contribution in [-0.4, -0.2) is 25.3 Å². The summed E-state index contributed by atoms with van der Waals surface area (Å²) in [6, 6.07) is 9.67. The molecule has 0 radical (unpaired) electrons. The van der Waals surface area contributed by atoms with Crippen LogP contribution in [-0.2, 0) is 0 Å². The minimum Gasteiger partial charge on any atom is -0.504 e. The van der Waals surface area contributed by atoms with E-state index in [0.29, 0.717) is 17.1 Å². The Bertz CT molecular complexity index is 710. The summed E-state index contributed by atoms with van der Waals surface area (Å²) in [6.07, 6.45) is 1.64. The summed E-state index contributed by atoms with van der Waals surface area (Å²) in [7, 11) is 0. The molecular weight excluding hydrogens is 246 g/mol. The van der Waals surface area contributed by atoms with Gasteiger partial charge in [-0.05, 0) is 30.3 Å². The average Bonchev–Trinajstić information content (AvgIpc) is 2.93. The molecular formula is C13H9N3O3. The van der Waals surface area contributed by atoms with Gasteiger partial charge in [-0.2, -0.15) is 4.98 Å². The van der Waals surface area contributed by atoms with Crippen LogP contribution in [0.5, 0.6) is 11.5 Å². The van der Waals surface area contributed by atoms with Gasteiger partial charge in [0.2, 0.25) is 5.82 Å². The number of nitrogens with zero attached hydrogens (tertiary/aromatic N) is 3. The zero-order valence-electron chi connectivity index (χ0n) is 9.69. The molecule has 0 unspecified atom stereocenters. The molecule has 0 atom stereocenters. The molecule has 0 saturated carbocycles. The standard InChI is InChI=1S/C13H9N3O3/c17-10-5-4-8(7-11(10)18)13-15-12(16-19-13)9-3-1-2-6-14-9/h1-7,17-18H. The zero-order valence-corrected chi connectivity index (χ0v) is 9.69. The Balaban J connectivity index is 1.99. The Morgan fingerprint density at radius 3 is 2.63 bits per heavy atom. The Morgan fingerprint density at radius 2 is 1.89 bits per heavy atom. The third-order valence-corrected chi connectivity index (χ3v) is 2.54. The largest absolute Gasteiger partial charge is 0.504 e. The number of pyridine rings is 1. The molecule has 3 rings (SSSR count). The maximum Gasteiger partial charge on any atom is 0.258 e. The third kappa shape index (κ3) is 2.11. The summed E-state index contributed by atoms with van der Waals surface area (Å²) < 4.78 is 5.11. The molecule has 0 fully saturated rings. The molecule has 0 aliphatic rings. The molecule has 94 valence electrons. The molecule has 19 heavy (non-hydrogen) atoms. The lowest BCUT2D eigenvalue weighted by molar-refractivity contribution is 0.402.